The fourth-order valence-electron chi connectivity index (χ4n) is 1.86. The van der Waals surface area contributed by atoms with Crippen molar-refractivity contribution in [2.45, 2.75) is 18.8 Å². The molecule has 1 atom stereocenters. The van der Waals surface area contributed by atoms with Gasteiger partial charge in [0.25, 0.3) is 0 Å². The molecule has 0 saturated carbocycles. The first-order valence-electron chi connectivity index (χ1n) is 6.01. The first-order valence-corrected chi connectivity index (χ1v) is 7.23. The van der Waals surface area contributed by atoms with E-state index < -0.39 is 5.91 Å². The lowest BCUT2D eigenvalue weighted by Crippen LogP contribution is -2.20. The number of ether oxygens (including phenoxy) is 1. The minimum absolute atomic E-state index is 0.0998. The van der Waals surface area contributed by atoms with Crippen LogP contribution in [0.5, 0.6) is 0 Å². The Balaban J connectivity index is 2.24. The summed E-state index contributed by atoms with van der Waals surface area (Å²) in [6, 6.07) is 1.88. The highest BCUT2D eigenvalue weighted by Crippen LogP contribution is 2.24. The van der Waals surface area contributed by atoms with Gasteiger partial charge in [0.2, 0.25) is 5.91 Å². The first-order chi connectivity index (χ1) is 9.49. The number of hydrogen-bond acceptors (Lipinski definition) is 4. The Morgan fingerprint density at radius 3 is 3.05 bits per heavy atom. The molecule has 1 unspecified atom stereocenters. The van der Waals surface area contributed by atoms with E-state index in [1.807, 2.05) is 17.6 Å². The van der Waals surface area contributed by atoms with Crippen molar-refractivity contribution < 1.29 is 9.53 Å². The summed E-state index contributed by atoms with van der Waals surface area (Å²) >= 11 is 9.51. The van der Waals surface area contributed by atoms with Crippen LogP contribution in [0.25, 0.3) is 11.2 Å². The molecule has 0 fully saturated rings. The van der Waals surface area contributed by atoms with Gasteiger partial charge in [0.1, 0.15) is 17.9 Å². The average Bonchev–Trinajstić information content (AvgIpc) is 2.72. The molecule has 20 heavy (non-hydrogen) atoms. The molecule has 2 rings (SSSR count). The van der Waals surface area contributed by atoms with E-state index in [-0.39, 0.29) is 12.0 Å². The van der Waals surface area contributed by atoms with Gasteiger partial charge >= 0.3 is 0 Å². The van der Waals surface area contributed by atoms with Crippen molar-refractivity contribution in [3.8, 4) is 0 Å². The van der Waals surface area contributed by atoms with Crippen molar-refractivity contribution >= 4 is 44.6 Å². The zero-order valence-corrected chi connectivity index (χ0v) is 13.2. The highest BCUT2D eigenvalue weighted by atomic mass is 79.9. The Hall–Kier alpha value is -1.18. The zero-order chi connectivity index (χ0) is 14.7. The van der Waals surface area contributed by atoms with Crippen LogP contribution in [0.15, 0.2) is 16.7 Å². The molecule has 0 aliphatic heterocycles. The maximum absolute atomic E-state index is 10.6. The molecule has 0 aromatic carbocycles. The van der Waals surface area contributed by atoms with Crippen LogP contribution in [0.2, 0.25) is 0 Å². The van der Waals surface area contributed by atoms with Gasteiger partial charge in [-0.1, -0.05) is 0 Å². The van der Waals surface area contributed by atoms with Gasteiger partial charge in [-0.05, 0) is 28.9 Å². The number of carbonyl (C=O) groups excluding carboxylic acids is 1. The minimum atomic E-state index is -0.492. The second-order valence-electron chi connectivity index (χ2n) is 4.25. The molecule has 6 nitrogen and oxygen atoms in total. The van der Waals surface area contributed by atoms with Gasteiger partial charge < -0.3 is 15.0 Å². The van der Waals surface area contributed by atoms with Crippen molar-refractivity contribution in [3.05, 3.63) is 22.6 Å². The van der Waals surface area contributed by atoms with E-state index in [0.29, 0.717) is 13.2 Å². The molecular formula is C12H14BrClN4O2. The Labute approximate surface area is 129 Å². The molecule has 0 aliphatic carbocycles. The summed E-state index contributed by atoms with van der Waals surface area (Å²) in [7, 11) is 0. The predicted octanol–water partition coefficient (Wildman–Crippen LogP) is 2.00. The number of amides is 1. The molecule has 0 radical (unpaired) electrons. The number of carbonyl (C=O) groups is 1. The molecule has 8 heteroatoms. The fourth-order valence-corrected chi connectivity index (χ4v) is 2.34. The van der Waals surface area contributed by atoms with Gasteiger partial charge in [-0.25, -0.2) is 9.97 Å². The maximum Gasteiger partial charge on any atom is 0.243 e. The topological polar surface area (TPSA) is 83.0 Å². The molecule has 0 saturated heterocycles. The average molecular weight is 362 g/mol. The van der Waals surface area contributed by atoms with E-state index in [0.717, 1.165) is 21.5 Å². The molecule has 1 amide bonds. The molecule has 0 aliphatic rings. The van der Waals surface area contributed by atoms with Crippen molar-refractivity contribution in [1.29, 1.82) is 0 Å². The summed E-state index contributed by atoms with van der Waals surface area (Å²) < 4.78 is 7.92. The third kappa shape index (κ3) is 3.47. The van der Waals surface area contributed by atoms with E-state index in [1.54, 1.807) is 6.20 Å². The summed E-state index contributed by atoms with van der Waals surface area (Å²) in [6.07, 6.45) is 1.70. The van der Waals surface area contributed by atoms with Crippen LogP contribution in [0, 0.1) is 0 Å². The number of alkyl halides is 1. The van der Waals surface area contributed by atoms with Crippen LogP contribution in [0.3, 0.4) is 0 Å². The van der Waals surface area contributed by atoms with Crippen LogP contribution in [-0.2, 0) is 16.1 Å². The normalized spacial score (nSPS) is 12.8. The van der Waals surface area contributed by atoms with Crippen LogP contribution in [0.4, 0.5) is 0 Å². The van der Waals surface area contributed by atoms with Crippen LogP contribution >= 0.6 is 27.5 Å². The molecule has 2 N–H and O–H groups in total. The summed E-state index contributed by atoms with van der Waals surface area (Å²) in [5.41, 5.74) is 6.51. The third-order valence-corrected chi connectivity index (χ3v) is 3.27. The van der Waals surface area contributed by atoms with Gasteiger partial charge in [-0.3, -0.25) is 4.79 Å². The van der Waals surface area contributed by atoms with Crippen molar-refractivity contribution in [1.82, 2.24) is 14.5 Å². The van der Waals surface area contributed by atoms with Gasteiger partial charge in [-0.15, -0.1) is 11.6 Å². The van der Waals surface area contributed by atoms with Crippen molar-refractivity contribution in [2.75, 3.05) is 13.2 Å². The van der Waals surface area contributed by atoms with E-state index in [1.165, 1.54) is 0 Å². The van der Waals surface area contributed by atoms with Crippen LogP contribution in [0.1, 0.15) is 18.1 Å². The van der Waals surface area contributed by atoms with E-state index in [9.17, 15) is 4.79 Å². The van der Waals surface area contributed by atoms with Gasteiger partial charge in [-0.2, -0.15) is 0 Å². The number of nitrogens with two attached hydrogens (primary N) is 1. The van der Waals surface area contributed by atoms with Crippen molar-refractivity contribution in [3.63, 3.8) is 0 Å². The number of hydrogen-bond donors (Lipinski definition) is 1. The number of rotatable bonds is 6. The number of aromatic nitrogens is 3. The lowest BCUT2D eigenvalue weighted by Gasteiger charge is -2.09. The maximum atomic E-state index is 10.6. The summed E-state index contributed by atoms with van der Waals surface area (Å²) in [4.78, 5) is 19.4. The summed E-state index contributed by atoms with van der Waals surface area (Å²) in [5.74, 6) is 0.225. The highest BCUT2D eigenvalue weighted by Gasteiger charge is 2.16. The smallest absolute Gasteiger partial charge is 0.243 e. The first kappa shape index (κ1) is 15.2. The number of halogens is 2. The Bertz CT molecular complexity index is 629. The Kier molecular flexibility index (Phi) is 4.95. The van der Waals surface area contributed by atoms with Crippen molar-refractivity contribution in [2.24, 2.45) is 5.73 Å². The molecule has 2 aromatic heterocycles. The zero-order valence-electron chi connectivity index (χ0n) is 10.8. The molecule has 2 heterocycles. The minimum Gasteiger partial charge on any atom is -0.370 e. The van der Waals surface area contributed by atoms with Crippen LogP contribution < -0.4 is 5.73 Å². The fraction of sp³-hybridized carbons (Fsp3) is 0.417. The van der Waals surface area contributed by atoms with Crippen LogP contribution in [-0.4, -0.2) is 33.7 Å². The van der Waals surface area contributed by atoms with E-state index in [4.69, 9.17) is 22.1 Å². The molecule has 0 bridgehead atoms. The van der Waals surface area contributed by atoms with Gasteiger partial charge in [0.15, 0.2) is 5.65 Å². The summed E-state index contributed by atoms with van der Waals surface area (Å²) in [6.45, 7) is 2.59. The Morgan fingerprint density at radius 1 is 1.65 bits per heavy atom. The second-order valence-corrected chi connectivity index (χ2v) is 5.82. The molecule has 2 aromatic rings. The third-order valence-electron chi connectivity index (χ3n) is 2.64. The largest absolute Gasteiger partial charge is 0.370 e. The lowest BCUT2D eigenvalue weighted by molar-refractivity contribution is -0.122. The number of fused-ring (bicyclic) bond motifs is 1. The van der Waals surface area contributed by atoms with Gasteiger partial charge in [0, 0.05) is 17.2 Å². The number of pyridine rings is 1. The standard InChI is InChI=1S/C12H14BrClN4O2/c1-7(14)11-17-9-4-8(13)5-16-12(9)18(11)2-3-20-6-10(15)19/h4-5,7H,2-3,6H2,1H3,(H2,15,19). The lowest BCUT2D eigenvalue weighted by atomic mass is 10.4. The number of nitrogens with zero attached hydrogens (tertiary/aromatic N) is 3. The monoisotopic (exact) mass is 360 g/mol. The van der Waals surface area contributed by atoms with Gasteiger partial charge in [0.05, 0.1) is 12.0 Å². The van der Waals surface area contributed by atoms with E-state index in [2.05, 4.69) is 25.9 Å². The second kappa shape index (κ2) is 6.51. The summed E-state index contributed by atoms with van der Waals surface area (Å²) in [5, 5.41) is -0.251. The molecular weight excluding hydrogens is 348 g/mol. The molecule has 108 valence electrons. The quantitative estimate of drug-likeness (QED) is 0.630. The molecule has 0 spiro atoms. The highest BCUT2D eigenvalue weighted by molar-refractivity contribution is 9.10. The number of imidazole rings is 1. The predicted molar refractivity (Wildman–Crippen MR) is 79.5 cm³/mol. The Morgan fingerprint density at radius 2 is 2.40 bits per heavy atom. The SMILES string of the molecule is CC(Cl)c1nc2cc(Br)cnc2n1CCOCC(N)=O. The number of primary amides is 1. The van der Waals surface area contributed by atoms with E-state index >= 15 is 0 Å².